The number of aliphatic carboxylic acids is 1. The van der Waals surface area contributed by atoms with Gasteiger partial charge in [0.25, 0.3) is 0 Å². The molecule has 2 aromatic carbocycles. The van der Waals surface area contributed by atoms with Crippen LogP contribution in [-0.2, 0) is 9.59 Å². The monoisotopic (exact) mass is 389 g/mol. The highest BCUT2D eigenvalue weighted by Gasteiger charge is 2.23. The van der Waals surface area contributed by atoms with Crippen molar-refractivity contribution in [1.82, 2.24) is 5.32 Å². The largest absolute Gasteiger partial charge is 0.494 e. The number of benzene rings is 2. The van der Waals surface area contributed by atoms with Gasteiger partial charge in [-0.15, -0.1) is 0 Å². The summed E-state index contributed by atoms with van der Waals surface area (Å²) in [6.45, 7) is 2.44. The summed E-state index contributed by atoms with van der Waals surface area (Å²) in [5.74, 6) is -1.58. The number of amides is 1. The Morgan fingerprint density at radius 3 is 2.61 bits per heavy atom. The zero-order valence-corrected chi connectivity index (χ0v) is 15.9. The molecule has 2 rings (SSSR count). The summed E-state index contributed by atoms with van der Waals surface area (Å²) >= 11 is 0. The molecule has 0 aliphatic carbocycles. The first-order valence-corrected chi connectivity index (χ1v) is 8.95. The van der Waals surface area contributed by atoms with Crippen molar-refractivity contribution in [3.63, 3.8) is 0 Å². The number of rotatable bonds is 10. The summed E-state index contributed by atoms with van der Waals surface area (Å²) in [5, 5.41) is 11.8. The average Bonchev–Trinajstić information content (AvgIpc) is 2.65. The maximum Gasteiger partial charge on any atom is 0.330 e. The number of carbonyl (C=O) groups excluding carboxylic acids is 1. The number of methoxy groups -OCH3 is 1. The lowest BCUT2D eigenvalue weighted by molar-refractivity contribution is -0.142. The van der Waals surface area contributed by atoms with Gasteiger partial charge in [0.1, 0.15) is 5.75 Å². The summed E-state index contributed by atoms with van der Waals surface area (Å²) in [6.07, 6.45) is 1.34. The van der Waals surface area contributed by atoms with Gasteiger partial charge >= 0.3 is 5.97 Å². The molecule has 0 aromatic heterocycles. The summed E-state index contributed by atoms with van der Waals surface area (Å²) in [5.41, 5.74) is 1.24. The molecule has 0 aliphatic heterocycles. The van der Waals surface area contributed by atoms with E-state index in [-0.39, 0.29) is 17.7 Å². The molecule has 6 nitrogen and oxygen atoms in total. The molecule has 28 heavy (non-hydrogen) atoms. The fourth-order valence-corrected chi connectivity index (χ4v) is 2.67. The molecule has 1 atom stereocenters. The van der Waals surface area contributed by atoms with Crippen molar-refractivity contribution < 1.29 is 28.6 Å². The standard InChI is InChI=1S/C21H24FNO5/c1-14-6-5-7-16(12-14)28-11-4-3-8-19(24)23-20(21(25)26)15-9-10-18(27-2)17(22)13-15/h5-7,9-10,12-13,20H,3-4,8,11H2,1-2H3,(H,23,24)(H,25,26). The van der Waals surface area contributed by atoms with E-state index in [1.54, 1.807) is 0 Å². The smallest absolute Gasteiger partial charge is 0.330 e. The normalized spacial score (nSPS) is 11.5. The number of halogens is 1. The average molecular weight is 389 g/mol. The van der Waals surface area contributed by atoms with Gasteiger partial charge in [0.05, 0.1) is 13.7 Å². The third kappa shape index (κ3) is 6.26. The van der Waals surface area contributed by atoms with Gasteiger partial charge in [-0.25, -0.2) is 9.18 Å². The Morgan fingerprint density at radius 2 is 1.96 bits per heavy atom. The van der Waals surface area contributed by atoms with Gasteiger partial charge in [-0.2, -0.15) is 0 Å². The van der Waals surface area contributed by atoms with Crippen LogP contribution in [0.2, 0.25) is 0 Å². The van der Waals surface area contributed by atoms with Crippen LogP contribution in [0.3, 0.4) is 0 Å². The van der Waals surface area contributed by atoms with Crippen molar-refractivity contribution in [1.29, 1.82) is 0 Å². The van der Waals surface area contributed by atoms with Gasteiger partial charge in [-0.05, 0) is 55.2 Å². The zero-order chi connectivity index (χ0) is 20.5. The molecule has 0 fully saturated rings. The summed E-state index contributed by atoms with van der Waals surface area (Å²) < 4.78 is 24.2. The van der Waals surface area contributed by atoms with Crippen LogP contribution in [0.1, 0.15) is 36.4 Å². The van der Waals surface area contributed by atoms with Crippen LogP contribution in [0, 0.1) is 12.7 Å². The van der Waals surface area contributed by atoms with Gasteiger partial charge in [0.15, 0.2) is 17.6 Å². The molecule has 0 saturated heterocycles. The van der Waals surface area contributed by atoms with Gasteiger partial charge in [-0.3, -0.25) is 4.79 Å². The van der Waals surface area contributed by atoms with Gasteiger partial charge < -0.3 is 19.9 Å². The topological polar surface area (TPSA) is 84.9 Å². The molecule has 7 heteroatoms. The fraction of sp³-hybridized carbons (Fsp3) is 0.333. The van der Waals surface area contributed by atoms with Crippen LogP contribution in [0.5, 0.6) is 11.5 Å². The lowest BCUT2D eigenvalue weighted by Crippen LogP contribution is -2.33. The quantitative estimate of drug-likeness (QED) is 0.606. The van der Waals surface area contributed by atoms with Crippen molar-refractivity contribution in [2.24, 2.45) is 0 Å². The maximum atomic E-state index is 13.8. The van der Waals surface area contributed by atoms with Crippen molar-refractivity contribution >= 4 is 11.9 Å². The molecule has 0 spiro atoms. The van der Waals surface area contributed by atoms with Gasteiger partial charge in [0.2, 0.25) is 5.91 Å². The Balaban J connectivity index is 1.81. The fourth-order valence-electron chi connectivity index (χ4n) is 2.67. The highest BCUT2D eigenvalue weighted by atomic mass is 19.1. The number of nitrogens with one attached hydrogen (secondary N) is 1. The maximum absolute atomic E-state index is 13.8. The van der Waals surface area contributed by atoms with Crippen molar-refractivity contribution in [3.8, 4) is 11.5 Å². The molecular weight excluding hydrogens is 365 g/mol. The molecule has 0 heterocycles. The van der Waals surface area contributed by atoms with Gasteiger partial charge in [0, 0.05) is 6.42 Å². The molecule has 0 saturated carbocycles. The Hall–Kier alpha value is -3.09. The van der Waals surface area contributed by atoms with Crippen LogP contribution in [-0.4, -0.2) is 30.7 Å². The van der Waals surface area contributed by atoms with Crippen LogP contribution in [0.25, 0.3) is 0 Å². The minimum atomic E-state index is -1.32. The highest BCUT2D eigenvalue weighted by Crippen LogP contribution is 2.22. The van der Waals surface area contributed by atoms with Crippen molar-refractivity contribution in [3.05, 3.63) is 59.4 Å². The Labute approximate surface area is 163 Å². The predicted octanol–water partition coefficient (Wildman–Crippen LogP) is 3.63. The number of hydrogen-bond acceptors (Lipinski definition) is 4. The molecular formula is C21H24FNO5. The van der Waals surface area contributed by atoms with E-state index in [1.165, 1.54) is 19.2 Å². The van der Waals surface area contributed by atoms with Crippen molar-refractivity contribution in [2.75, 3.05) is 13.7 Å². The minimum absolute atomic E-state index is 0.00725. The first kappa shape index (κ1) is 21.2. The van der Waals surface area contributed by atoms with E-state index in [9.17, 15) is 19.1 Å². The number of hydrogen-bond donors (Lipinski definition) is 2. The van der Waals surface area contributed by atoms with E-state index < -0.39 is 23.7 Å². The third-order valence-electron chi connectivity index (χ3n) is 4.12. The highest BCUT2D eigenvalue weighted by molar-refractivity contribution is 5.84. The number of ether oxygens (including phenoxy) is 2. The molecule has 1 unspecified atom stereocenters. The number of carboxylic acid groups (broad SMARTS) is 1. The van der Waals surface area contributed by atoms with E-state index >= 15 is 0 Å². The van der Waals surface area contributed by atoms with Gasteiger partial charge in [-0.1, -0.05) is 18.2 Å². The Kier molecular flexibility index (Phi) is 7.80. The van der Waals surface area contributed by atoms with E-state index in [4.69, 9.17) is 9.47 Å². The zero-order valence-electron chi connectivity index (χ0n) is 15.9. The predicted molar refractivity (Wildman–Crippen MR) is 102 cm³/mol. The summed E-state index contributed by atoms with van der Waals surface area (Å²) in [6, 6.07) is 10.1. The van der Waals surface area contributed by atoms with Crippen molar-refractivity contribution in [2.45, 2.75) is 32.2 Å². The number of carboxylic acids is 1. The summed E-state index contributed by atoms with van der Waals surface area (Å²) in [4.78, 5) is 23.6. The molecule has 150 valence electrons. The Bertz CT molecular complexity index is 824. The molecule has 0 bridgehead atoms. The van der Waals surface area contributed by atoms with Crippen LogP contribution in [0.4, 0.5) is 4.39 Å². The second kappa shape index (κ2) is 10.3. The van der Waals surface area contributed by atoms with E-state index in [2.05, 4.69) is 5.32 Å². The third-order valence-corrected chi connectivity index (χ3v) is 4.12. The number of unbranched alkanes of at least 4 members (excludes halogenated alkanes) is 1. The molecule has 0 radical (unpaired) electrons. The van der Waals surface area contributed by atoms with Crippen LogP contribution in [0.15, 0.2) is 42.5 Å². The Morgan fingerprint density at radius 1 is 1.18 bits per heavy atom. The molecule has 1 amide bonds. The van der Waals surface area contributed by atoms with Crippen LogP contribution < -0.4 is 14.8 Å². The molecule has 0 aliphatic rings. The van der Waals surface area contributed by atoms with E-state index in [1.807, 2.05) is 31.2 Å². The second-order valence-electron chi connectivity index (χ2n) is 6.35. The van der Waals surface area contributed by atoms with E-state index in [0.29, 0.717) is 19.4 Å². The SMILES string of the molecule is COc1ccc(C(NC(=O)CCCCOc2cccc(C)c2)C(=O)O)cc1F. The lowest BCUT2D eigenvalue weighted by Gasteiger charge is -2.16. The number of carbonyl (C=O) groups is 2. The minimum Gasteiger partial charge on any atom is -0.494 e. The van der Waals surface area contributed by atoms with E-state index in [0.717, 1.165) is 17.4 Å². The van der Waals surface area contributed by atoms with Crippen LogP contribution >= 0.6 is 0 Å². The first-order valence-electron chi connectivity index (χ1n) is 8.95. The lowest BCUT2D eigenvalue weighted by atomic mass is 10.1. The molecule has 2 aromatic rings. The molecule has 2 N–H and O–H groups in total. The number of aryl methyl sites for hydroxylation is 1. The summed E-state index contributed by atoms with van der Waals surface area (Å²) in [7, 11) is 1.32. The first-order chi connectivity index (χ1) is 13.4. The second-order valence-corrected chi connectivity index (χ2v) is 6.35.